The van der Waals surface area contributed by atoms with Gasteiger partial charge in [-0.25, -0.2) is 0 Å². The van der Waals surface area contributed by atoms with Gasteiger partial charge in [0.05, 0.1) is 14.1 Å². The number of rotatable bonds is 6. The summed E-state index contributed by atoms with van der Waals surface area (Å²) in [6.45, 7) is 6.30. The normalized spacial score (nSPS) is 29.8. The summed E-state index contributed by atoms with van der Waals surface area (Å²) in [5.74, 6) is -0.581. The Morgan fingerprint density at radius 1 is 1.53 bits per heavy atom. The molecule has 1 rings (SSSR count). The lowest BCUT2D eigenvalue weighted by Gasteiger charge is -2.16. The molecular weight excluding hydrogens is 188 g/mol. The molecule has 1 fully saturated rings. The molecule has 2 heteroatoms. The molecule has 0 aromatic carbocycles. The van der Waals surface area contributed by atoms with Crippen LogP contribution in [0, 0.1) is 0 Å². The molecule has 15 heavy (non-hydrogen) atoms. The van der Waals surface area contributed by atoms with Gasteiger partial charge in [-0.2, -0.15) is 0 Å². The summed E-state index contributed by atoms with van der Waals surface area (Å²) in [5.41, 5.74) is 0. The van der Waals surface area contributed by atoms with E-state index in [9.17, 15) is 0 Å². The van der Waals surface area contributed by atoms with Gasteiger partial charge in [0.1, 0.15) is 0 Å². The van der Waals surface area contributed by atoms with E-state index in [0.717, 1.165) is 25.7 Å². The average molecular weight is 214 g/mol. The standard InChI is InChI=1S/C13H24O2/c1-4-5-6-7-8-9-10-12-11-14-13(2,3)15-12/h8-9,12H,4-7,10-11H2,1-3H3/b9-8-/t12-/m1/s1/i8D,10D/t10-,12-. The highest BCUT2D eigenvalue weighted by Crippen LogP contribution is 2.24. The monoisotopic (exact) mass is 214 g/mol. The average Bonchev–Trinajstić information content (AvgIpc) is 2.59. The van der Waals surface area contributed by atoms with Crippen LogP contribution in [-0.4, -0.2) is 18.5 Å². The molecule has 0 aromatic rings. The highest BCUT2D eigenvalue weighted by molar-refractivity contribution is 4.86. The molecule has 2 atom stereocenters. The Labute approximate surface area is 96.5 Å². The van der Waals surface area contributed by atoms with Crippen molar-refractivity contribution in [2.75, 3.05) is 6.61 Å². The molecule has 88 valence electrons. The first kappa shape index (κ1) is 9.86. The Hall–Kier alpha value is -0.340. The third-order valence-electron chi connectivity index (χ3n) is 2.38. The minimum atomic E-state index is -0.581. The van der Waals surface area contributed by atoms with E-state index in [2.05, 4.69) is 6.92 Å². The van der Waals surface area contributed by atoms with Gasteiger partial charge in [-0.3, -0.25) is 0 Å². The van der Waals surface area contributed by atoms with Crippen LogP contribution in [0.1, 0.15) is 55.6 Å². The third-order valence-corrected chi connectivity index (χ3v) is 2.38. The van der Waals surface area contributed by atoms with Gasteiger partial charge in [0, 0.05) is 1.37 Å². The molecule has 1 aliphatic rings. The fourth-order valence-electron chi connectivity index (χ4n) is 1.55. The Morgan fingerprint density at radius 3 is 2.93 bits per heavy atom. The first-order chi connectivity index (χ1) is 7.94. The summed E-state index contributed by atoms with van der Waals surface area (Å²) >= 11 is 0. The molecule has 2 nitrogen and oxygen atoms in total. The van der Waals surface area contributed by atoms with Crippen LogP contribution in [0.4, 0.5) is 0 Å². The van der Waals surface area contributed by atoms with Gasteiger partial charge in [0.2, 0.25) is 0 Å². The Balaban J connectivity index is 2.37. The minimum absolute atomic E-state index is 0.239. The van der Waals surface area contributed by atoms with Crippen molar-refractivity contribution in [3.63, 3.8) is 0 Å². The van der Waals surface area contributed by atoms with E-state index < -0.39 is 12.2 Å². The van der Waals surface area contributed by atoms with Crippen molar-refractivity contribution in [3.05, 3.63) is 12.1 Å². The van der Waals surface area contributed by atoms with Gasteiger partial charge in [0.25, 0.3) is 0 Å². The van der Waals surface area contributed by atoms with Gasteiger partial charge in [-0.1, -0.05) is 31.9 Å². The van der Waals surface area contributed by atoms with E-state index in [1.54, 1.807) is 6.08 Å². The second-order valence-electron chi connectivity index (χ2n) is 4.39. The van der Waals surface area contributed by atoms with E-state index in [1.165, 1.54) is 0 Å². The molecule has 0 aromatic heterocycles. The maximum atomic E-state index is 7.96. The first-order valence-electron chi connectivity index (χ1n) is 6.93. The van der Waals surface area contributed by atoms with E-state index in [-0.39, 0.29) is 6.10 Å². The van der Waals surface area contributed by atoms with Crippen molar-refractivity contribution in [2.45, 2.75) is 64.7 Å². The summed E-state index contributed by atoms with van der Waals surface area (Å²) < 4.78 is 26.8. The van der Waals surface area contributed by atoms with Crippen LogP contribution >= 0.6 is 0 Å². The fraction of sp³-hybridized carbons (Fsp3) is 0.846. The van der Waals surface area contributed by atoms with Gasteiger partial charge < -0.3 is 9.47 Å². The zero-order valence-corrected chi connectivity index (χ0v) is 10.1. The quantitative estimate of drug-likeness (QED) is 0.496. The third kappa shape index (κ3) is 5.33. The smallest absolute Gasteiger partial charge is 0.163 e. The molecule has 0 amide bonds. The lowest BCUT2D eigenvalue weighted by Crippen LogP contribution is -2.21. The summed E-state index contributed by atoms with van der Waals surface area (Å²) in [5, 5.41) is 0. The molecule has 0 bridgehead atoms. The highest BCUT2D eigenvalue weighted by Gasteiger charge is 2.31. The highest BCUT2D eigenvalue weighted by atomic mass is 16.7. The summed E-state index contributed by atoms with van der Waals surface area (Å²) in [4.78, 5) is 0. The molecule has 1 aliphatic heterocycles. The number of ether oxygens (including phenoxy) is 2. The zero-order valence-electron chi connectivity index (χ0n) is 12.1. The van der Waals surface area contributed by atoms with E-state index in [0.29, 0.717) is 12.7 Å². The predicted molar refractivity (Wildman–Crippen MR) is 62.8 cm³/mol. The SMILES string of the molecule is [2H]/C(=C/[C@@H]([2H])[C@@H]1COC(C)(C)O1)CCCCC. The van der Waals surface area contributed by atoms with Crippen LogP contribution in [0.3, 0.4) is 0 Å². The Kier molecular flexibility index (Phi) is 4.13. The van der Waals surface area contributed by atoms with Crippen molar-refractivity contribution in [3.8, 4) is 0 Å². The second-order valence-corrected chi connectivity index (χ2v) is 4.39. The maximum Gasteiger partial charge on any atom is 0.163 e. The molecule has 0 N–H and O–H groups in total. The van der Waals surface area contributed by atoms with Crippen molar-refractivity contribution in [1.29, 1.82) is 0 Å². The Bertz CT molecular complexity index is 264. The number of allylic oxidation sites excluding steroid dienone is 1. The molecule has 1 saturated heterocycles. The van der Waals surface area contributed by atoms with Crippen LogP contribution in [0.2, 0.25) is 0 Å². The Morgan fingerprint density at radius 2 is 2.33 bits per heavy atom. The number of hydrogen-bond donors (Lipinski definition) is 0. The largest absolute Gasteiger partial charge is 0.348 e. The van der Waals surface area contributed by atoms with Crippen LogP contribution in [0.15, 0.2) is 12.1 Å². The first-order valence-corrected chi connectivity index (χ1v) is 5.86. The molecule has 0 unspecified atom stereocenters. The number of hydrogen-bond acceptors (Lipinski definition) is 2. The van der Waals surface area contributed by atoms with Crippen molar-refractivity contribution < 1.29 is 12.2 Å². The fourth-order valence-corrected chi connectivity index (χ4v) is 1.55. The molecular formula is C13H24O2. The molecule has 0 saturated carbocycles. The van der Waals surface area contributed by atoms with Crippen molar-refractivity contribution in [1.82, 2.24) is 0 Å². The van der Waals surface area contributed by atoms with E-state index in [1.807, 2.05) is 13.8 Å². The topological polar surface area (TPSA) is 18.5 Å². The summed E-state index contributed by atoms with van der Waals surface area (Å²) in [6.07, 6.45) is 5.06. The minimum Gasteiger partial charge on any atom is -0.348 e. The van der Waals surface area contributed by atoms with E-state index in [4.69, 9.17) is 12.2 Å². The van der Waals surface area contributed by atoms with Gasteiger partial charge in [-0.15, -0.1) is 0 Å². The van der Waals surface area contributed by atoms with Crippen molar-refractivity contribution in [2.24, 2.45) is 0 Å². The summed E-state index contributed by atoms with van der Waals surface area (Å²) in [7, 11) is 0. The van der Waals surface area contributed by atoms with Crippen LogP contribution in [0.5, 0.6) is 0 Å². The summed E-state index contributed by atoms with van der Waals surface area (Å²) in [6, 6.07) is 0.548. The molecule has 1 heterocycles. The van der Waals surface area contributed by atoms with Crippen molar-refractivity contribution >= 4 is 0 Å². The zero-order chi connectivity index (χ0) is 12.9. The molecule has 0 spiro atoms. The van der Waals surface area contributed by atoms with Gasteiger partial charge >= 0.3 is 0 Å². The lowest BCUT2D eigenvalue weighted by molar-refractivity contribution is -0.137. The van der Waals surface area contributed by atoms with Crippen LogP contribution in [-0.2, 0) is 9.47 Å². The van der Waals surface area contributed by atoms with Crippen LogP contribution in [0.25, 0.3) is 0 Å². The van der Waals surface area contributed by atoms with Crippen LogP contribution < -0.4 is 0 Å². The maximum absolute atomic E-state index is 7.96. The predicted octanol–water partition coefficient (Wildman–Crippen LogP) is 3.66. The van der Waals surface area contributed by atoms with Gasteiger partial charge in [-0.05, 0) is 33.1 Å². The second kappa shape index (κ2) is 6.29. The molecule has 0 aliphatic carbocycles. The lowest BCUT2D eigenvalue weighted by atomic mass is 10.2. The molecule has 0 radical (unpaired) electrons. The number of unbranched alkanes of at least 4 members (excludes halogenated alkanes) is 2. The van der Waals surface area contributed by atoms with E-state index >= 15 is 0 Å². The van der Waals surface area contributed by atoms with Gasteiger partial charge in [0.15, 0.2) is 5.79 Å².